The van der Waals surface area contributed by atoms with E-state index in [1.165, 1.54) is 4.80 Å². The van der Waals surface area contributed by atoms with Gasteiger partial charge >= 0.3 is 0 Å². The summed E-state index contributed by atoms with van der Waals surface area (Å²) in [4.78, 5) is 5.69. The zero-order valence-corrected chi connectivity index (χ0v) is 9.92. The maximum Gasteiger partial charge on any atom is 0.175 e. The Hall–Kier alpha value is -0.820. The van der Waals surface area contributed by atoms with Crippen molar-refractivity contribution in [1.82, 2.24) is 25.2 Å². The van der Waals surface area contributed by atoms with Gasteiger partial charge in [-0.25, -0.2) is 4.98 Å². The monoisotopic (exact) mass is 273 g/mol. The molecule has 5 nitrogen and oxygen atoms in total. The number of nitrogens with zero attached hydrogens (tertiary/aromatic N) is 5. The Kier molecular flexibility index (Phi) is 2.87. The summed E-state index contributed by atoms with van der Waals surface area (Å²) < 4.78 is 1.06. The van der Waals surface area contributed by atoms with Crippen LogP contribution in [0.15, 0.2) is 9.98 Å². The summed E-state index contributed by atoms with van der Waals surface area (Å²) >= 11 is 5.01. The smallest absolute Gasteiger partial charge is 0.175 e. The lowest BCUT2D eigenvalue weighted by Gasteiger charge is -1.89. The van der Waals surface area contributed by atoms with Crippen molar-refractivity contribution < 1.29 is 0 Å². The molecule has 0 saturated heterocycles. The molecular formula is C7H8BrN5S. The summed E-state index contributed by atoms with van der Waals surface area (Å²) in [7, 11) is 1.76. The molecule has 0 unspecified atom stereocenters. The van der Waals surface area contributed by atoms with Crippen LogP contribution >= 0.6 is 27.3 Å². The lowest BCUT2D eigenvalue weighted by atomic mass is 10.3. The lowest BCUT2D eigenvalue weighted by Crippen LogP contribution is -1.95. The second-order valence-corrected chi connectivity index (χ2v) is 5.25. The van der Waals surface area contributed by atoms with Crippen LogP contribution in [0.3, 0.4) is 0 Å². The molecule has 0 aliphatic heterocycles. The first-order valence-corrected chi connectivity index (χ1v) is 5.68. The fraction of sp³-hybridized carbons (Fsp3) is 0.429. The molecule has 74 valence electrons. The van der Waals surface area contributed by atoms with Crippen LogP contribution in [-0.2, 0) is 19.9 Å². The first-order chi connectivity index (χ1) is 6.74. The molecule has 0 N–H and O–H groups in total. The van der Waals surface area contributed by atoms with E-state index in [1.54, 1.807) is 18.4 Å². The van der Waals surface area contributed by atoms with Gasteiger partial charge in [0.1, 0.15) is 0 Å². The van der Waals surface area contributed by atoms with E-state index >= 15 is 0 Å². The van der Waals surface area contributed by atoms with Crippen molar-refractivity contribution in [2.75, 3.05) is 0 Å². The van der Waals surface area contributed by atoms with Crippen LogP contribution in [0.1, 0.15) is 10.8 Å². The highest BCUT2D eigenvalue weighted by Crippen LogP contribution is 2.19. The summed E-state index contributed by atoms with van der Waals surface area (Å²) in [5, 5.41) is 12.8. The van der Waals surface area contributed by atoms with Crippen LogP contribution in [0.4, 0.5) is 0 Å². The molecule has 0 radical (unpaired) electrons. The van der Waals surface area contributed by atoms with Crippen LogP contribution in [0.2, 0.25) is 0 Å². The van der Waals surface area contributed by atoms with Gasteiger partial charge in [-0.2, -0.15) is 4.80 Å². The highest BCUT2D eigenvalue weighted by molar-refractivity contribution is 9.11. The van der Waals surface area contributed by atoms with Crippen LogP contribution < -0.4 is 0 Å². The van der Waals surface area contributed by atoms with Gasteiger partial charge in [-0.05, 0) is 21.1 Å². The van der Waals surface area contributed by atoms with Crippen molar-refractivity contribution in [3.05, 3.63) is 20.8 Å². The molecule has 0 aliphatic carbocycles. The van der Waals surface area contributed by atoms with Gasteiger partial charge in [0.15, 0.2) is 5.82 Å². The van der Waals surface area contributed by atoms with Gasteiger partial charge in [0.2, 0.25) is 0 Å². The topological polar surface area (TPSA) is 56.5 Å². The van der Waals surface area contributed by atoms with E-state index in [1.807, 2.05) is 6.20 Å². The van der Waals surface area contributed by atoms with Crippen molar-refractivity contribution in [3.8, 4) is 0 Å². The predicted octanol–water partition coefficient (Wildman–Crippen LogP) is 1.21. The van der Waals surface area contributed by atoms with E-state index in [0.717, 1.165) is 27.5 Å². The number of halogens is 1. The van der Waals surface area contributed by atoms with E-state index in [2.05, 4.69) is 36.3 Å². The molecule has 0 atom stereocenters. The molecule has 0 bridgehead atoms. The van der Waals surface area contributed by atoms with E-state index < -0.39 is 0 Å². The Morgan fingerprint density at radius 1 is 1.50 bits per heavy atom. The van der Waals surface area contributed by atoms with Crippen molar-refractivity contribution in [1.29, 1.82) is 0 Å². The number of hydrogen-bond donors (Lipinski definition) is 0. The second kappa shape index (κ2) is 4.14. The SMILES string of the molecule is Cn1nnc(CCc2ncc(Br)s2)n1. The van der Waals surface area contributed by atoms with Gasteiger partial charge in [-0.3, -0.25) is 0 Å². The first-order valence-electron chi connectivity index (χ1n) is 4.07. The number of hydrogen-bond acceptors (Lipinski definition) is 5. The van der Waals surface area contributed by atoms with Gasteiger partial charge in [-0.1, -0.05) is 0 Å². The van der Waals surface area contributed by atoms with Crippen LogP contribution in [-0.4, -0.2) is 25.2 Å². The van der Waals surface area contributed by atoms with Crippen LogP contribution in [0.25, 0.3) is 0 Å². The van der Waals surface area contributed by atoms with Crippen LogP contribution in [0, 0.1) is 0 Å². The average Bonchev–Trinajstić information content (AvgIpc) is 2.72. The fourth-order valence-electron chi connectivity index (χ4n) is 1.05. The van der Waals surface area contributed by atoms with E-state index in [0.29, 0.717) is 0 Å². The number of thiazole rings is 1. The molecule has 2 heterocycles. The summed E-state index contributed by atoms with van der Waals surface area (Å²) in [5.41, 5.74) is 0. The zero-order chi connectivity index (χ0) is 9.97. The quantitative estimate of drug-likeness (QED) is 0.844. The van der Waals surface area contributed by atoms with E-state index in [9.17, 15) is 0 Å². The van der Waals surface area contributed by atoms with Gasteiger partial charge in [0, 0.05) is 12.8 Å². The molecule has 14 heavy (non-hydrogen) atoms. The number of aromatic nitrogens is 5. The molecule has 2 rings (SSSR count). The van der Waals surface area contributed by atoms with Gasteiger partial charge in [-0.15, -0.1) is 21.5 Å². The molecule has 0 aliphatic rings. The molecule has 0 saturated carbocycles. The van der Waals surface area contributed by atoms with Gasteiger partial charge < -0.3 is 0 Å². The zero-order valence-electron chi connectivity index (χ0n) is 7.51. The molecular weight excluding hydrogens is 266 g/mol. The normalized spacial score (nSPS) is 10.7. The standard InChI is InChI=1S/C7H8BrN5S/c1-13-11-6(10-12-13)2-3-7-9-4-5(8)14-7/h4H,2-3H2,1H3. The van der Waals surface area contributed by atoms with E-state index in [-0.39, 0.29) is 0 Å². The van der Waals surface area contributed by atoms with Crippen molar-refractivity contribution in [2.24, 2.45) is 7.05 Å². The minimum Gasteiger partial charge on any atom is -0.248 e. The fourth-order valence-corrected chi connectivity index (χ4v) is 2.35. The predicted molar refractivity (Wildman–Crippen MR) is 56.0 cm³/mol. The molecule has 0 spiro atoms. The maximum absolute atomic E-state index is 4.23. The van der Waals surface area contributed by atoms with E-state index in [4.69, 9.17) is 0 Å². The number of rotatable bonds is 3. The maximum atomic E-state index is 4.23. The Morgan fingerprint density at radius 3 is 2.93 bits per heavy atom. The Bertz CT molecular complexity index is 383. The lowest BCUT2D eigenvalue weighted by molar-refractivity contribution is 0.627. The third-order valence-corrected chi connectivity index (χ3v) is 3.17. The van der Waals surface area contributed by atoms with Crippen molar-refractivity contribution in [3.63, 3.8) is 0 Å². The third kappa shape index (κ3) is 2.36. The molecule has 2 aromatic rings. The molecule has 0 aromatic carbocycles. The third-order valence-electron chi connectivity index (χ3n) is 1.64. The van der Waals surface area contributed by atoms with Gasteiger partial charge in [0.05, 0.1) is 22.0 Å². The molecule has 0 fully saturated rings. The first kappa shape index (κ1) is 9.72. The summed E-state index contributed by atoms with van der Waals surface area (Å²) in [5.74, 6) is 0.763. The molecule has 7 heteroatoms. The molecule has 0 amide bonds. The minimum absolute atomic E-state index is 0.763. The molecule has 2 aromatic heterocycles. The van der Waals surface area contributed by atoms with Crippen molar-refractivity contribution in [2.45, 2.75) is 12.8 Å². The second-order valence-electron chi connectivity index (χ2n) is 2.75. The number of aryl methyl sites for hydroxylation is 3. The van der Waals surface area contributed by atoms with Crippen LogP contribution in [0.5, 0.6) is 0 Å². The highest BCUT2D eigenvalue weighted by atomic mass is 79.9. The summed E-state index contributed by atoms with van der Waals surface area (Å²) in [6, 6.07) is 0. The summed E-state index contributed by atoms with van der Waals surface area (Å²) in [6.07, 6.45) is 3.46. The summed E-state index contributed by atoms with van der Waals surface area (Å²) in [6.45, 7) is 0. The minimum atomic E-state index is 0.763. The highest BCUT2D eigenvalue weighted by Gasteiger charge is 2.04. The van der Waals surface area contributed by atoms with Gasteiger partial charge in [0.25, 0.3) is 0 Å². The largest absolute Gasteiger partial charge is 0.248 e. The average molecular weight is 274 g/mol. The number of tetrazole rings is 1. The Morgan fingerprint density at radius 2 is 2.36 bits per heavy atom. The Balaban J connectivity index is 1.94. The van der Waals surface area contributed by atoms with Crippen molar-refractivity contribution >= 4 is 27.3 Å². The Labute approximate surface area is 93.3 Å².